The summed E-state index contributed by atoms with van der Waals surface area (Å²) >= 11 is 0. The molecule has 0 aliphatic carbocycles. The van der Waals surface area contributed by atoms with Gasteiger partial charge in [-0.2, -0.15) is 5.10 Å². The number of rotatable bonds is 2. The monoisotopic (exact) mass is 241 g/mol. The summed E-state index contributed by atoms with van der Waals surface area (Å²) in [7, 11) is 0. The quantitative estimate of drug-likeness (QED) is 0.822. The van der Waals surface area contributed by atoms with Crippen molar-refractivity contribution in [2.45, 2.75) is 6.54 Å². The Morgan fingerprint density at radius 2 is 2.22 bits per heavy atom. The van der Waals surface area contributed by atoms with E-state index in [1.54, 1.807) is 24.8 Å². The number of amides is 2. The molecule has 1 aromatic heterocycles. The summed E-state index contributed by atoms with van der Waals surface area (Å²) < 4.78 is 4.93. The molecule has 1 aliphatic heterocycles. The highest BCUT2D eigenvalue weighted by Crippen LogP contribution is 2.22. The zero-order chi connectivity index (χ0) is 12.4. The lowest BCUT2D eigenvalue weighted by Crippen LogP contribution is -2.34. The molecule has 3 rings (SSSR count). The smallest absolute Gasteiger partial charge is 0.342 e. The summed E-state index contributed by atoms with van der Waals surface area (Å²) in [5.74, 6) is 0. The minimum absolute atomic E-state index is 0.228. The summed E-state index contributed by atoms with van der Waals surface area (Å²) in [6.07, 6.45) is 4.73. The van der Waals surface area contributed by atoms with Crippen LogP contribution in [-0.4, -0.2) is 17.3 Å². The molecule has 90 valence electrons. The first-order valence-corrected chi connectivity index (χ1v) is 5.55. The van der Waals surface area contributed by atoms with Crippen LogP contribution in [0.5, 0.6) is 0 Å². The summed E-state index contributed by atoms with van der Waals surface area (Å²) in [6.45, 7) is 0.469. The van der Waals surface area contributed by atoms with E-state index >= 15 is 0 Å². The van der Waals surface area contributed by atoms with Gasteiger partial charge in [0, 0.05) is 11.3 Å². The Bertz CT molecular complexity index is 590. The predicted molar refractivity (Wildman–Crippen MR) is 67.3 cm³/mol. The third-order valence-electron chi connectivity index (χ3n) is 2.70. The van der Waals surface area contributed by atoms with Gasteiger partial charge in [-0.3, -0.25) is 0 Å². The van der Waals surface area contributed by atoms with Crippen molar-refractivity contribution in [3.63, 3.8) is 0 Å². The Morgan fingerprint density at radius 3 is 3.06 bits per heavy atom. The zero-order valence-corrected chi connectivity index (χ0v) is 9.54. The number of fused-ring (bicyclic) bond motifs is 1. The van der Waals surface area contributed by atoms with Gasteiger partial charge >= 0.3 is 6.03 Å². The Hall–Kier alpha value is -2.56. The maximum Gasteiger partial charge on any atom is 0.342 e. The highest BCUT2D eigenvalue weighted by Gasteiger charge is 2.21. The minimum Gasteiger partial charge on any atom is -0.472 e. The third kappa shape index (κ3) is 1.98. The van der Waals surface area contributed by atoms with Crippen LogP contribution < -0.4 is 5.32 Å². The number of para-hydroxylation sites is 1. The molecular formula is C13H11N3O2. The lowest BCUT2D eigenvalue weighted by atomic mass is 10.1. The minimum atomic E-state index is -0.228. The van der Waals surface area contributed by atoms with Crippen LogP contribution in [0.3, 0.4) is 0 Å². The van der Waals surface area contributed by atoms with E-state index in [4.69, 9.17) is 4.42 Å². The second-order valence-corrected chi connectivity index (χ2v) is 3.95. The van der Waals surface area contributed by atoms with Gasteiger partial charge in [-0.15, -0.1) is 0 Å². The average Bonchev–Trinajstić information content (AvgIpc) is 2.89. The number of nitrogens with zero attached hydrogens (tertiary/aromatic N) is 2. The molecule has 1 N–H and O–H groups in total. The van der Waals surface area contributed by atoms with E-state index in [0.717, 1.165) is 16.8 Å². The fourth-order valence-corrected chi connectivity index (χ4v) is 1.77. The molecule has 2 heterocycles. The number of anilines is 1. The van der Waals surface area contributed by atoms with Gasteiger partial charge in [-0.05, 0) is 17.7 Å². The molecule has 2 amide bonds. The second-order valence-electron chi connectivity index (χ2n) is 3.95. The predicted octanol–water partition coefficient (Wildman–Crippen LogP) is 2.66. The Morgan fingerprint density at radius 1 is 1.33 bits per heavy atom. The molecule has 0 bridgehead atoms. The number of urea groups is 1. The largest absolute Gasteiger partial charge is 0.472 e. The van der Waals surface area contributed by atoms with Crippen molar-refractivity contribution in [2.24, 2.45) is 5.10 Å². The normalized spacial score (nSPS) is 14.7. The van der Waals surface area contributed by atoms with E-state index in [1.807, 2.05) is 24.3 Å². The highest BCUT2D eigenvalue weighted by molar-refractivity contribution is 5.93. The first-order valence-electron chi connectivity index (χ1n) is 5.55. The second kappa shape index (κ2) is 4.37. The van der Waals surface area contributed by atoms with Gasteiger partial charge < -0.3 is 9.73 Å². The van der Waals surface area contributed by atoms with E-state index in [1.165, 1.54) is 5.01 Å². The molecule has 5 nitrogen and oxygen atoms in total. The van der Waals surface area contributed by atoms with Crippen molar-refractivity contribution >= 4 is 17.9 Å². The van der Waals surface area contributed by atoms with E-state index in [2.05, 4.69) is 10.4 Å². The lowest BCUT2D eigenvalue weighted by molar-refractivity contribution is 0.209. The van der Waals surface area contributed by atoms with Gasteiger partial charge in [-0.1, -0.05) is 18.2 Å². The van der Waals surface area contributed by atoms with Crippen LogP contribution >= 0.6 is 0 Å². The highest BCUT2D eigenvalue weighted by atomic mass is 16.3. The Kier molecular flexibility index (Phi) is 2.57. The first-order chi connectivity index (χ1) is 8.83. The van der Waals surface area contributed by atoms with Crippen LogP contribution in [0.2, 0.25) is 0 Å². The fraction of sp³-hybridized carbons (Fsp3) is 0.0769. The Labute approximate surface area is 104 Å². The van der Waals surface area contributed by atoms with E-state index < -0.39 is 0 Å². The first kappa shape index (κ1) is 10.6. The van der Waals surface area contributed by atoms with Crippen molar-refractivity contribution in [3.05, 3.63) is 54.0 Å². The van der Waals surface area contributed by atoms with Crippen LogP contribution in [0.1, 0.15) is 11.1 Å². The molecule has 18 heavy (non-hydrogen) atoms. The SMILES string of the molecule is O=C1Nc2ccccc2CN1/N=C/c1ccoc1. The van der Waals surface area contributed by atoms with Crippen LogP contribution in [-0.2, 0) is 6.54 Å². The van der Waals surface area contributed by atoms with Crippen molar-refractivity contribution in [1.82, 2.24) is 5.01 Å². The topological polar surface area (TPSA) is 57.8 Å². The molecule has 0 saturated carbocycles. The third-order valence-corrected chi connectivity index (χ3v) is 2.70. The summed E-state index contributed by atoms with van der Waals surface area (Å²) in [5, 5.41) is 8.32. The van der Waals surface area contributed by atoms with Crippen LogP contribution in [0.15, 0.2) is 52.4 Å². The molecule has 0 unspecified atom stereocenters. The number of hydrogen-bond donors (Lipinski definition) is 1. The molecule has 5 heteroatoms. The maximum atomic E-state index is 11.8. The van der Waals surface area contributed by atoms with Gasteiger partial charge in [0.1, 0.15) is 0 Å². The zero-order valence-electron chi connectivity index (χ0n) is 9.54. The molecular weight excluding hydrogens is 230 g/mol. The van der Waals surface area contributed by atoms with Gasteiger partial charge in [0.05, 0.1) is 25.3 Å². The number of furan rings is 1. The molecule has 1 aliphatic rings. The van der Waals surface area contributed by atoms with E-state index in [-0.39, 0.29) is 6.03 Å². The van der Waals surface area contributed by atoms with E-state index in [0.29, 0.717) is 6.54 Å². The van der Waals surface area contributed by atoms with Gasteiger partial charge in [0.2, 0.25) is 0 Å². The lowest BCUT2D eigenvalue weighted by Gasteiger charge is -2.25. The van der Waals surface area contributed by atoms with Crippen molar-refractivity contribution in [2.75, 3.05) is 5.32 Å². The van der Waals surface area contributed by atoms with Crippen LogP contribution in [0.4, 0.5) is 10.5 Å². The van der Waals surface area contributed by atoms with Gasteiger partial charge in [0.15, 0.2) is 0 Å². The molecule has 0 saturated heterocycles. The number of benzene rings is 1. The standard InChI is InChI=1S/C13H11N3O2/c17-13-15-12-4-2-1-3-11(12)8-16(13)14-7-10-5-6-18-9-10/h1-7,9H,8H2,(H,15,17)/b14-7+. The number of carbonyl (C=O) groups excluding carboxylic acids is 1. The fourth-order valence-electron chi connectivity index (χ4n) is 1.77. The maximum absolute atomic E-state index is 11.8. The average molecular weight is 241 g/mol. The number of carbonyl (C=O) groups is 1. The molecule has 1 aromatic carbocycles. The van der Waals surface area contributed by atoms with Gasteiger partial charge in [0.25, 0.3) is 0 Å². The van der Waals surface area contributed by atoms with Gasteiger partial charge in [-0.25, -0.2) is 9.80 Å². The molecule has 0 fully saturated rings. The number of nitrogens with one attached hydrogen (secondary N) is 1. The summed E-state index contributed by atoms with van der Waals surface area (Å²) in [5.41, 5.74) is 2.71. The van der Waals surface area contributed by atoms with E-state index in [9.17, 15) is 4.79 Å². The van der Waals surface area contributed by atoms with Crippen molar-refractivity contribution in [1.29, 1.82) is 0 Å². The molecule has 2 aromatic rings. The number of hydrazone groups is 1. The summed E-state index contributed by atoms with van der Waals surface area (Å²) in [4.78, 5) is 11.8. The summed E-state index contributed by atoms with van der Waals surface area (Å²) in [6, 6.07) is 9.23. The molecule has 0 radical (unpaired) electrons. The van der Waals surface area contributed by atoms with Crippen molar-refractivity contribution < 1.29 is 9.21 Å². The molecule has 0 atom stereocenters. The van der Waals surface area contributed by atoms with Crippen LogP contribution in [0, 0.1) is 0 Å². The molecule has 0 spiro atoms. The Balaban J connectivity index is 1.81. The van der Waals surface area contributed by atoms with Crippen molar-refractivity contribution in [3.8, 4) is 0 Å². The number of hydrogen-bond acceptors (Lipinski definition) is 3. The van der Waals surface area contributed by atoms with Crippen LogP contribution in [0.25, 0.3) is 0 Å².